The normalized spacial score (nSPS) is 23.4. The van der Waals surface area contributed by atoms with Gasteiger partial charge < -0.3 is 9.84 Å². The third-order valence-electron chi connectivity index (χ3n) is 3.96. The van der Waals surface area contributed by atoms with E-state index in [1.165, 1.54) is 38.6 Å². The van der Waals surface area contributed by atoms with Crippen molar-refractivity contribution in [1.29, 1.82) is 0 Å². The molecule has 2 aliphatic rings. The lowest BCUT2D eigenvalue weighted by atomic mass is 10.2. The quantitative estimate of drug-likeness (QED) is 0.815. The van der Waals surface area contributed by atoms with Crippen molar-refractivity contribution in [3.63, 3.8) is 0 Å². The Hall–Kier alpha value is -0.940. The Bertz CT molecular complexity index is 396. The smallest absolute Gasteiger partial charge is 0.229 e. The molecular weight excluding hydrogens is 240 g/mol. The van der Waals surface area contributed by atoms with Crippen LogP contribution in [-0.4, -0.2) is 40.7 Å². The fourth-order valence-electron chi connectivity index (χ4n) is 2.80. The monoisotopic (exact) mass is 264 g/mol. The Morgan fingerprint density at radius 3 is 2.95 bits per heavy atom. The lowest BCUT2D eigenvalue weighted by Crippen LogP contribution is -2.37. The summed E-state index contributed by atoms with van der Waals surface area (Å²) in [5, 5.41) is 7.68. The van der Waals surface area contributed by atoms with Gasteiger partial charge in [0.25, 0.3) is 0 Å². The van der Waals surface area contributed by atoms with Crippen LogP contribution in [0, 0.1) is 0 Å². The molecule has 0 radical (unpaired) electrons. The van der Waals surface area contributed by atoms with E-state index in [-0.39, 0.29) is 0 Å². The van der Waals surface area contributed by atoms with E-state index in [1.807, 2.05) is 0 Å². The van der Waals surface area contributed by atoms with E-state index in [4.69, 9.17) is 4.52 Å². The summed E-state index contributed by atoms with van der Waals surface area (Å²) in [6.07, 6.45) is 6.19. The highest BCUT2D eigenvalue weighted by atomic mass is 16.5. The van der Waals surface area contributed by atoms with Gasteiger partial charge >= 0.3 is 0 Å². The van der Waals surface area contributed by atoms with Crippen LogP contribution < -0.4 is 5.32 Å². The summed E-state index contributed by atoms with van der Waals surface area (Å²) in [7, 11) is 0. The Morgan fingerprint density at radius 1 is 1.37 bits per heavy atom. The Morgan fingerprint density at radius 2 is 2.26 bits per heavy atom. The lowest BCUT2D eigenvalue weighted by molar-refractivity contribution is 0.232. The molecule has 106 valence electrons. The van der Waals surface area contributed by atoms with E-state index in [0.717, 1.165) is 31.3 Å². The lowest BCUT2D eigenvalue weighted by Gasteiger charge is -2.23. The molecule has 0 bridgehead atoms. The molecule has 1 saturated carbocycles. The molecule has 1 aliphatic heterocycles. The predicted molar refractivity (Wildman–Crippen MR) is 72.9 cm³/mol. The van der Waals surface area contributed by atoms with Crippen molar-refractivity contribution in [1.82, 2.24) is 20.4 Å². The Balaban J connectivity index is 1.55. The second kappa shape index (κ2) is 6.01. The molecule has 19 heavy (non-hydrogen) atoms. The molecule has 2 heterocycles. The van der Waals surface area contributed by atoms with E-state index in [0.29, 0.717) is 12.0 Å². The molecule has 1 unspecified atom stereocenters. The molecule has 1 atom stereocenters. The zero-order valence-electron chi connectivity index (χ0n) is 11.8. The maximum atomic E-state index is 5.33. The van der Waals surface area contributed by atoms with Crippen LogP contribution in [-0.2, 0) is 6.54 Å². The second-order valence-electron chi connectivity index (χ2n) is 5.85. The average molecular weight is 264 g/mol. The number of aromatic nitrogens is 2. The summed E-state index contributed by atoms with van der Waals surface area (Å²) in [6.45, 7) is 6.41. The van der Waals surface area contributed by atoms with Gasteiger partial charge in [-0.15, -0.1) is 0 Å². The molecule has 5 nitrogen and oxygen atoms in total. The third kappa shape index (κ3) is 3.54. The first kappa shape index (κ1) is 13.1. The van der Waals surface area contributed by atoms with Crippen molar-refractivity contribution in [2.75, 3.05) is 19.6 Å². The first-order chi connectivity index (χ1) is 9.35. The van der Waals surface area contributed by atoms with Gasteiger partial charge in [0.1, 0.15) is 0 Å². The second-order valence-corrected chi connectivity index (χ2v) is 5.85. The van der Waals surface area contributed by atoms with Gasteiger partial charge in [-0.25, -0.2) is 0 Å². The predicted octanol–water partition coefficient (Wildman–Crippen LogP) is 1.91. The van der Waals surface area contributed by atoms with Gasteiger partial charge in [0.2, 0.25) is 5.89 Å². The van der Waals surface area contributed by atoms with Gasteiger partial charge in [0.15, 0.2) is 5.82 Å². The van der Waals surface area contributed by atoms with Gasteiger partial charge in [-0.2, -0.15) is 4.98 Å². The first-order valence-electron chi connectivity index (χ1n) is 7.63. The summed E-state index contributed by atoms with van der Waals surface area (Å²) < 4.78 is 5.33. The van der Waals surface area contributed by atoms with Crippen molar-refractivity contribution in [3.8, 4) is 0 Å². The highest BCUT2D eigenvalue weighted by Gasteiger charge is 2.30. The van der Waals surface area contributed by atoms with Crippen molar-refractivity contribution in [2.45, 2.75) is 57.5 Å². The van der Waals surface area contributed by atoms with Gasteiger partial charge in [-0.1, -0.05) is 12.1 Å². The summed E-state index contributed by atoms with van der Waals surface area (Å²) >= 11 is 0. The molecule has 2 fully saturated rings. The average Bonchev–Trinajstić information content (AvgIpc) is 2.93. The van der Waals surface area contributed by atoms with E-state index in [2.05, 4.69) is 27.3 Å². The number of hydrogen-bond donors (Lipinski definition) is 1. The number of nitrogens with zero attached hydrogens (tertiary/aromatic N) is 3. The minimum absolute atomic E-state index is 0.553. The van der Waals surface area contributed by atoms with Gasteiger partial charge in [0, 0.05) is 18.5 Å². The third-order valence-corrected chi connectivity index (χ3v) is 3.96. The zero-order valence-corrected chi connectivity index (χ0v) is 11.8. The van der Waals surface area contributed by atoms with Crippen LogP contribution in [0.3, 0.4) is 0 Å². The minimum Gasteiger partial charge on any atom is -0.339 e. The van der Waals surface area contributed by atoms with Crippen molar-refractivity contribution in [2.24, 2.45) is 0 Å². The maximum Gasteiger partial charge on any atom is 0.229 e. The minimum atomic E-state index is 0.553. The van der Waals surface area contributed by atoms with Crippen LogP contribution in [0.2, 0.25) is 0 Å². The summed E-state index contributed by atoms with van der Waals surface area (Å²) in [5.41, 5.74) is 0. The van der Waals surface area contributed by atoms with E-state index >= 15 is 0 Å². The summed E-state index contributed by atoms with van der Waals surface area (Å²) in [6, 6.07) is 0.640. The molecule has 1 aromatic heterocycles. The Kier molecular flexibility index (Phi) is 4.13. The van der Waals surface area contributed by atoms with Crippen LogP contribution in [0.25, 0.3) is 0 Å². The van der Waals surface area contributed by atoms with Gasteiger partial charge in [-0.05, 0) is 45.2 Å². The van der Waals surface area contributed by atoms with Crippen LogP contribution in [0.5, 0.6) is 0 Å². The van der Waals surface area contributed by atoms with E-state index < -0.39 is 0 Å². The molecule has 0 aromatic carbocycles. The fraction of sp³-hybridized carbons (Fsp3) is 0.857. The van der Waals surface area contributed by atoms with Gasteiger partial charge in [-0.3, -0.25) is 4.90 Å². The van der Waals surface area contributed by atoms with Crippen LogP contribution >= 0.6 is 0 Å². The number of rotatable bonds is 7. The first-order valence-corrected chi connectivity index (χ1v) is 7.63. The molecule has 1 N–H and O–H groups in total. The van der Waals surface area contributed by atoms with Crippen LogP contribution in [0.4, 0.5) is 0 Å². The zero-order chi connectivity index (χ0) is 13.1. The van der Waals surface area contributed by atoms with E-state index in [9.17, 15) is 0 Å². The molecule has 1 aromatic rings. The van der Waals surface area contributed by atoms with Crippen LogP contribution in [0.1, 0.15) is 56.7 Å². The highest BCUT2D eigenvalue weighted by Crippen LogP contribution is 2.38. The van der Waals surface area contributed by atoms with Gasteiger partial charge in [0.05, 0.1) is 6.54 Å². The fourth-order valence-corrected chi connectivity index (χ4v) is 2.80. The number of hydrogen-bond acceptors (Lipinski definition) is 5. The molecule has 3 rings (SSSR count). The molecule has 1 aliphatic carbocycles. The van der Waals surface area contributed by atoms with Crippen LogP contribution in [0.15, 0.2) is 4.52 Å². The largest absolute Gasteiger partial charge is 0.339 e. The van der Waals surface area contributed by atoms with Crippen molar-refractivity contribution < 1.29 is 4.52 Å². The van der Waals surface area contributed by atoms with Crippen molar-refractivity contribution >= 4 is 0 Å². The molecule has 0 amide bonds. The molecular formula is C14H24N4O. The standard InChI is InChI=1S/C14H24N4O/c1-2-8-18(9-12-4-3-7-15-12)10-13-16-14(19-17-13)11-5-6-11/h11-12,15H,2-10H2,1H3. The summed E-state index contributed by atoms with van der Waals surface area (Å²) in [5.74, 6) is 2.26. The topological polar surface area (TPSA) is 54.2 Å². The summed E-state index contributed by atoms with van der Waals surface area (Å²) in [4.78, 5) is 6.98. The van der Waals surface area contributed by atoms with Crippen molar-refractivity contribution in [3.05, 3.63) is 11.7 Å². The Labute approximate surface area is 114 Å². The molecule has 0 spiro atoms. The highest BCUT2D eigenvalue weighted by molar-refractivity contribution is 5.01. The number of nitrogens with one attached hydrogen (secondary N) is 1. The molecule has 5 heteroatoms. The molecule has 1 saturated heterocycles. The van der Waals surface area contributed by atoms with E-state index in [1.54, 1.807) is 0 Å². The maximum absolute atomic E-state index is 5.33. The SMILES string of the molecule is CCCN(Cc1noc(C2CC2)n1)CC1CCCN1.